The minimum Gasteiger partial charge on any atom is -0.460 e. The predicted octanol–water partition coefficient (Wildman–Crippen LogP) is 3.67. The molecule has 0 spiro atoms. The minimum absolute atomic E-state index is 0.0597. The van der Waals surface area contributed by atoms with Gasteiger partial charge in [-0.2, -0.15) is 5.10 Å². The zero-order valence-corrected chi connectivity index (χ0v) is 12.7. The molecule has 0 aliphatic heterocycles. The highest BCUT2D eigenvalue weighted by molar-refractivity contribution is 5.77. The van der Waals surface area contributed by atoms with Crippen LogP contribution in [0.1, 0.15) is 30.8 Å². The number of non-ortho nitro benzene ring substituents is 1. The second-order valence-corrected chi connectivity index (χ2v) is 5.65. The first kappa shape index (κ1) is 15.7. The highest BCUT2D eigenvalue weighted by Crippen LogP contribution is 2.47. The van der Waals surface area contributed by atoms with Gasteiger partial charge in [-0.05, 0) is 30.5 Å². The number of nitro groups is 2. The fourth-order valence-electron chi connectivity index (χ4n) is 2.40. The molecule has 1 aliphatic carbocycles. The zero-order valence-electron chi connectivity index (χ0n) is 12.7. The van der Waals surface area contributed by atoms with Crippen molar-refractivity contribution >= 4 is 23.3 Å². The van der Waals surface area contributed by atoms with Crippen molar-refractivity contribution in [3.63, 3.8) is 0 Å². The van der Waals surface area contributed by atoms with E-state index in [1.54, 1.807) is 6.07 Å². The second-order valence-electron chi connectivity index (χ2n) is 5.65. The van der Waals surface area contributed by atoms with E-state index in [0.29, 0.717) is 17.6 Å². The van der Waals surface area contributed by atoms with Crippen LogP contribution in [0.25, 0.3) is 0 Å². The molecule has 9 nitrogen and oxygen atoms in total. The van der Waals surface area contributed by atoms with Crippen molar-refractivity contribution in [1.29, 1.82) is 0 Å². The van der Waals surface area contributed by atoms with E-state index in [0.717, 1.165) is 18.2 Å². The van der Waals surface area contributed by atoms with E-state index < -0.39 is 15.5 Å². The van der Waals surface area contributed by atoms with Gasteiger partial charge in [0, 0.05) is 12.0 Å². The molecule has 0 saturated heterocycles. The molecule has 0 unspecified atom stereocenters. The number of anilines is 1. The topological polar surface area (TPSA) is 124 Å². The molecule has 1 N–H and O–H groups in total. The monoisotopic (exact) mass is 330 g/mol. The normalized spacial score (nSPS) is 19.4. The average molecular weight is 330 g/mol. The van der Waals surface area contributed by atoms with Gasteiger partial charge in [0.15, 0.2) is 0 Å². The average Bonchev–Trinajstić information content (AvgIpc) is 3.08. The Morgan fingerprint density at radius 3 is 2.62 bits per heavy atom. The van der Waals surface area contributed by atoms with Crippen LogP contribution in [0, 0.1) is 26.1 Å². The van der Waals surface area contributed by atoms with Crippen molar-refractivity contribution in [3.05, 3.63) is 62.1 Å². The number of nitro benzene ring substituents is 2. The molecule has 1 heterocycles. The summed E-state index contributed by atoms with van der Waals surface area (Å²) in [5, 5.41) is 25.6. The lowest BCUT2D eigenvalue weighted by Crippen LogP contribution is -1.98. The summed E-state index contributed by atoms with van der Waals surface area (Å²) in [6.45, 7) is 2.15. The van der Waals surface area contributed by atoms with Crippen LogP contribution in [0.3, 0.4) is 0 Å². The summed E-state index contributed by atoms with van der Waals surface area (Å²) in [7, 11) is 0. The Morgan fingerprint density at radius 2 is 2.00 bits per heavy atom. The van der Waals surface area contributed by atoms with Gasteiger partial charge in [-0.3, -0.25) is 25.7 Å². The van der Waals surface area contributed by atoms with Crippen LogP contribution >= 0.6 is 0 Å². The maximum Gasteiger partial charge on any atom is 0.301 e. The molecule has 1 aromatic heterocycles. The number of nitrogens with zero attached hydrogens (tertiary/aromatic N) is 3. The number of hydrogen-bond donors (Lipinski definition) is 1. The highest BCUT2D eigenvalue weighted by atomic mass is 16.6. The number of furan rings is 1. The van der Waals surface area contributed by atoms with Crippen molar-refractivity contribution < 1.29 is 14.3 Å². The number of rotatable bonds is 6. The quantitative estimate of drug-likeness (QED) is 0.489. The van der Waals surface area contributed by atoms with E-state index >= 15 is 0 Å². The van der Waals surface area contributed by atoms with Crippen LogP contribution in [0.4, 0.5) is 17.1 Å². The Hall–Kier alpha value is -3.23. The largest absolute Gasteiger partial charge is 0.460 e. The van der Waals surface area contributed by atoms with E-state index in [-0.39, 0.29) is 11.4 Å². The first-order chi connectivity index (χ1) is 11.5. The fraction of sp³-hybridized carbons (Fsp3) is 0.267. The number of hydrazone groups is 1. The third kappa shape index (κ3) is 3.24. The molecule has 1 aliphatic rings. The summed E-state index contributed by atoms with van der Waals surface area (Å²) in [5.74, 6) is 2.52. The maximum atomic E-state index is 11.0. The third-order valence-corrected chi connectivity index (χ3v) is 3.89. The Labute approximate surface area is 136 Å². The molecule has 1 fully saturated rings. The van der Waals surface area contributed by atoms with E-state index in [4.69, 9.17) is 4.42 Å². The van der Waals surface area contributed by atoms with E-state index in [1.165, 1.54) is 18.3 Å². The summed E-state index contributed by atoms with van der Waals surface area (Å²) in [6, 6.07) is 6.97. The van der Waals surface area contributed by atoms with Crippen molar-refractivity contribution in [3.8, 4) is 0 Å². The van der Waals surface area contributed by atoms with Crippen molar-refractivity contribution in [2.45, 2.75) is 19.3 Å². The SMILES string of the molecule is C[C@H]1C[C@H]1c1ccc(/C=N\Nc2ccc([N+](=O)[O-])cc2[N+](=O)[O-])o1. The molecule has 0 bridgehead atoms. The first-order valence-electron chi connectivity index (χ1n) is 7.27. The zero-order chi connectivity index (χ0) is 17.3. The van der Waals surface area contributed by atoms with Gasteiger partial charge in [0.05, 0.1) is 22.1 Å². The Bertz CT molecular complexity index is 829. The Morgan fingerprint density at radius 1 is 1.25 bits per heavy atom. The molecular formula is C15H14N4O5. The summed E-state index contributed by atoms with van der Waals surface area (Å²) < 4.78 is 5.63. The lowest BCUT2D eigenvalue weighted by atomic mass is 10.2. The lowest BCUT2D eigenvalue weighted by Gasteiger charge is -2.01. The molecule has 124 valence electrons. The van der Waals surface area contributed by atoms with Gasteiger partial charge in [0.1, 0.15) is 17.2 Å². The van der Waals surface area contributed by atoms with Crippen LogP contribution in [0.15, 0.2) is 39.9 Å². The molecule has 0 amide bonds. The van der Waals surface area contributed by atoms with Gasteiger partial charge in [-0.15, -0.1) is 0 Å². The molecular weight excluding hydrogens is 316 g/mol. The van der Waals surface area contributed by atoms with Gasteiger partial charge in [-0.25, -0.2) is 0 Å². The molecule has 3 rings (SSSR count). The summed E-state index contributed by atoms with van der Waals surface area (Å²) >= 11 is 0. The van der Waals surface area contributed by atoms with Crippen LogP contribution in [0.2, 0.25) is 0 Å². The van der Waals surface area contributed by atoms with Gasteiger partial charge in [0.25, 0.3) is 5.69 Å². The summed E-state index contributed by atoms with van der Waals surface area (Å²) in [6.07, 6.45) is 2.51. The van der Waals surface area contributed by atoms with Crippen LogP contribution in [0.5, 0.6) is 0 Å². The second kappa shape index (κ2) is 6.11. The predicted molar refractivity (Wildman–Crippen MR) is 86.2 cm³/mol. The van der Waals surface area contributed by atoms with Crippen molar-refractivity contribution in [2.75, 3.05) is 5.43 Å². The van der Waals surface area contributed by atoms with Crippen LogP contribution < -0.4 is 5.43 Å². The number of hydrogen-bond acceptors (Lipinski definition) is 7. The van der Waals surface area contributed by atoms with Gasteiger partial charge in [-0.1, -0.05) is 6.92 Å². The maximum absolute atomic E-state index is 11.0. The van der Waals surface area contributed by atoms with Crippen LogP contribution in [-0.2, 0) is 0 Å². The lowest BCUT2D eigenvalue weighted by molar-refractivity contribution is -0.393. The van der Waals surface area contributed by atoms with Crippen molar-refractivity contribution in [2.24, 2.45) is 11.0 Å². The standard InChI is InChI=1S/C15H14N4O5/c1-9-6-12(9)15-5-3-11(24-15)8-16-17-13-4-2-10(18(20)21)7-14(13)19(22)23/h2-5,7-9,12,17H,6H2,1H3/b16-8-/t9-,12+/m0/s1. The first-order valence-corrected chi connectivity index (χ1v) is 7.27. The molecule has 2 aromatic rings. The molecule has 24 heavy (non-hydrogen) atoms. The third-order valence-electron chi connectivity index (χ3n) is 3.89. The van der Waals surface area contributed by atoms with E-state index in [9.17, 15) is 20.2 Å². The Balaban J connectivity index is 1.72. The number of nitrogens with one attached hydrogen (secondary N) is 1. The molecule has 0 radical (unpaired) electrons. The van der Waals surface area contributed by atoms with Crippen molar-refractivity contribution in [1.82, 2.24) is 0 Å². The molecule has 1 aromatic carbocycles. The summed E-state index contributed by atoms with van der Waals surface area (Å²) in [4.78, 5) is 20.3. The van der Waals surface area contributed by atoms with Crippen LogP contribution in [-0.4, -0.2) is 16.1 Å². The fourth-order valence-corrected chi connectivity index (χ4v) is 2.40. The van der Waals surface area contributed by atoms with Gasteiger partial charge in [0.2, 0.25) is 0 Å². The van der Waals surface area contributed by atoms with E-state index in [2.05, 4.69) is 17.5 Å². The molecule has 2 atom stereocenters. The van der Waals surface area contributed by atoms with Gasteiger partial charge >= 0.3 is 5.69 Å². The molecule has 9 heteroatoms. The minimum atomic E-state index is -0.704. The van der Waals surface area contributed by atoms with E-state index in [1.807, 2.05) is 6.07 Å². The number of benzene rings is 1. The van der Waals surface area contributed by atoms with Gasteiger partial charge < -0.3 is 4.42 Å². The Kier molecular flexibility index (Phi) is 3.98. The highest BCUT2D eigenvalue weighted by Gasteiger charge is 2.36. The summed E-state index contributed by atoms with van der Waals surface area (Å²) in [5.41, 5.74) is 1.80. The smallest absolute Gasteiger partial charge is 0.301 e. The molecule has 1 saturated carbocycles.